The van der Waals surface area contributed by atoms with Crippen molar-refractivity contribution in [2.45, 2.75) is 31.2 Å². The second-order valence-corrected chi connectivity index (χ2v) is 5.83. The quantitative estimate of drug-likeness (QED) is 0.664. The van der Waals surface area contributed by atoms with Crippen LogP contribution in [0.1, 0.15) is 30.7 Å². The van der Waals surface area contributed by atoms with Gasteiger partial charge in [0.2, 0.25) is 0 Å². The number of benzene rings is 2. The number of nitrogens with two attached hydrogens (primary N) is 1. The molecule has 1 fully saturated rings. The summed E-state index contributed by atoms with van der Waals surface area (Å²) in [4.78, 5) is 11.1. The molecule has 5 nitrogen and oxygen atoms in total. The van der Waals surface area contributed by atoms with E-state index in [2.05, 4.69) is 6.07 Å². The number of urea groups is 1. The van der Waals surface area contributed by atoms with E-state index in [-0.39, 0.29) is 12.0 Å². The summed E-state index contributed by atoms with van der Waals surface area (Å²) in [6.07, 6.45) is 2.35. The number of hydrogen-bond acceptors (Lipinski definition) is 3. The van der Waals surface area contributed by atoms with E-state index in [1.807, 2.05) is 48.5 Å². The fraction of sp³-hybridized carbons (Fsp3) is 0.278. The lowest BCUT2D eigenvalue weighted by Crippen LogP contribution is -2.39. The molecule has 1 saturated carbocycles. The van der Waals surface area contributed by atoms with E-state index in [1.54, 1.807) is 0 Å². The summed E-state index contributed by atoms with van der Waals surface area (Å²) in [5, 5.41) is 10.3. The van der Waals surface area contributed by atoms with Crippen molar-refractivity contribution < 1.29 is 14.7 Å². The molecular weight excluding hydrogens is 292 g/mol. The summed E-state index contributed by atoms with van der Waals surface area (Å²) in [7, 11) is 0. The van der Waals surface area contributed by atoms with Crippen LogP contribution in [-0.2, 0) is 0 Å². The van der Waals surface area contributed by atoms with Crippen molar-refractivity contribution in [3.05, 3.63) is 60.2 Å². The van der Waals surface area contributed by atoms with Crippen LogP contribution in [0, 0.1) is 0 Å². The van der Waals surface area contributed by atoms with E-state index in [9.17, 15) is 10.0 Å². The standard InChI is InChI=1S/C18H20N2O3/c19-18(21)20(22)15-10-9-14(11-15)13-5-4-8-17(12-13)23-16-6-2-1-3-7-16/h1-8,12,14-15,22H,9-11H2,(H2,19,21). The molecule has 0 saturated heterocycles. The Balaban J connectivity index is 1.70. The Morgan fingerprint density at radius 3 is 2.57 bits per heavy atom. The molecule has 2 amide bonds. The van der Waals surface area contributed by atoms with E-state index in [0.29, 0.717) is 11.5 Å². The molecule has 3 N–H and O–H groups in total. The highest BCUT2D eigenvalue weighted by Gasteiger charge is 2.31. The first-order chi connectivity index (χ1) is 11.1. The molecule has 3 rings (SSSR count). The van der Waals surface area contributed by atoms with Crippen molar-refractivity contribution in [3.8, 4) is 11.5 Å². The highest BCUT2D eigenvalue weighted by molar-refractivity contribution is 5.71. The Labute approximate surface area is 135 Å². The molecule has 0 aliphatic heterocycles. The predicted molar refractivity (Wildman–Crippen MR) is 86.5 cm³/mol. The second kappa shape index (κ2) is 6.71. The maximum absolute atomic E-state index is 11.1. The van der Waals surface area contributed by atoms with Crippen molar-refractivity contribution in [3.63, 3.8) is 0 Å². The number of amides is 2. The molecule has 0 radical (unpaired) electrons. The second-order valence-electron chi connectivity index (χ2n) is 5.83. The highest BCUT2D eigenvalue weighted by Crippen LogP contribution is 2.38. The number of primary amides is 1. The molecule has 0 spiro atoms. The van der Waals surface area contributed by atoms with Gasteiger partial charge in [0, 0.05) is 0 Å². The van der Waals surface area contributed by atoms with Crippen LogP contribution < -0.4 is 10.5 Å². The summed E-state index contributed by atoms with van der Waals surface area (Å²) < 4.78 is 5.86. The molecule has 0 heterocycles. The van der Waals surface area contributed by atoms with Gasteiger partial charge in [0.25, 0.3) is 0 Å². The van der Waals surface area contributed by atoms with Gasteiger partial charge in [-0.1, -0.05) is 30.3 Å². The zero-order chi connectivity index (χ0) is 16.2. The molecule has 120 valence electrons. The van der Waals surface area contributed by atoms with E-state index < -0.39 is 6.03 Å². The van der Waals surface area contributed by atoms with Gasteiger partial charge >= 0.3 is 6.03 Å². The molecule has 1 aliphatic carbocycles. The van der Waals surface area contributed by atoms with Gasteiger partial charge in [-0.2, -0.15) is 0 Å². The Hall–Kier alpha value is -2.53. The van der Waals surface area contributed by atoms with Crippen molar-refractivity contribution >= 4 is 6.03 Å². The zero-order valence-electron chi connectivity index (χ0n) is 12.8. The van der Waals surface area contributed by atoms with Gasteiger partial charge in [0.1, 0.15) is 11.5 Å². The van der Waals surface area contributed by atoms with Crippen molar-refractivity contribution in [1.29, 1.82) is 0 Å². The maximum atomic E-state index is 11.1. The molecule has 0 aromatic heterocycles. The molecule has 5 heteroatoms. The predicted octanol–water partition coefficient (Wildman–Crippen LogP) is 3.88. The topological polar surface area (TPSA) is 75.8 Å². The largest absolute Gasteiger partial charge is 0.457 e. The number of rotatable bonds is 4. The van der Waals surface area contributed by atoms with E-state index >= 15 is 0 Å². The summed E-state index contributed by atoms with van der Waals surface area (Å²) >= 11 is 0. The minimum Gasteiger partial charge on any atom is -0.457 e. The fourth-order valence-corrected chi connectivity index (χ4v) is 3.12. The summed E-state index contributed by atoms with van der Waals surface area (Å²) in [6.45, 7) is 0. The maximum Gasteiger partial charge on any atom is 0.338 e. The third-order valence-corrected chi connectivity index (χ3v) is 4.29. The molecule has 1 aliphatic rings. The molecular formula is C18H20N2O3. The average molecular weight is 312 g/mol. The first-order valence-electron chi connectivity index (χ1n) is 7.74. The number of hydrogen-bond donors (Lipinski definition) is 2. The van der Waals surface area contributed by atoms with Gasteiger partial charge in [0.15, 0.2) is 0 Å². The third-order valence-electron chi connectivity index (χ3n) is 4.29. The molecule has 23 heavy (non-hydrogen) atoms. The van der Waals surface area contributed by atoms with Crippen LogP contribution in [-0.4, -0.2) is 22.3 Å². The Bertz CT molecular complexity index is 675. The number of ether oxygens (including phenoxy) is 1. The Morgan fingerprint density at radius 2 is 1.83 bits per heavy atom. The SMILES string of the molecule is NC(=O)N(O)C1CCC(c2cccc(Oc3ccccc3)c2)C1. The lowest BCUT2D eigenvalue weighted by Gasteiger charge is -2.20. The number of carbonyl (C=O) groups is 1. The number of hydroxylamine groups is 2. The van der Waals surface area contributed by atoms with Crippen LogP contribution in [0.15, 0.2) is 54.6 Å². The molecule has 2 aromatic rings. The van der Waals surface area contributed by atoms with Crippen molar-refractivity contribution in [2.24, 2.45) is 5.73 Å². The minimum absolute atomic E-state index is 0.212. The van der Waals surface area contributed by atoms with Crippen LogP contribution in [0.5, 0.6) is 11.5 Å². The molecule has 2 unspecified atom stereocenters. The van der Waals surface area contributed by atoms with Crippen LogP contribution in [0.25, 0.3) is 0 Å². The van der Waals surface area contributed by atoms with Crippen LogP contribution >= 0.6 is 0 Å². The highest BCUT2D eigenvalue weighted by atomic mass is 16.5. The van der Waals surface area contributed by atoms with Gasteiger partial charge in [-0.15, -0.1) is 0 Å². The average Bonchev–Trinajstić information content (AvgIpc) is 3.05. The van der Waals surface area contributed by atoms with Gasteiger partial charge in [-0.3, -0.25) is 5.21 Å². The molecule has 0 bridgehead atoms. The number of para-hydroxylation sites is 1. The Morgan fingerprint density at radius 1 is 1.09 bits per heavy atom. The lowest BCUT2D eigenvalue weighted by molar-refractivity contribution is -0.0730. The van der Waals surface area contributed by atoms with Gasteiger partial charge in [0.05, 0.1) is 6.04 Å². The van der Waals surface area contributed by atoms with E-state index in [4.69, 9.17) is 10.5 Å². The van der Waals surface area contributed by atoms with Gasteiger partial charge in [-0.05, 0) is 55.0 Å². The van der Waals surface area contributed by atoms with Crippen molar-refractivity contribution in [2.75, 3.05) is 0 Å². The third kappa shape index (κ3) is 3.63. The molecule has 2 atom stereocenters. The van der Waals surface area contributed by atoms with E-state index in [1.165, 1.54) is 0 Å². The zero-order valence-corrected chi connectivity index (χ0v) is 12.8. The minimum atomic E-state index is -0.795. The van der Waals surface area contributed by atoms with E-state index in [0.717, 1.165) is 29.9 Å². The smallest absolute Gasteiger partial charge is 0.338 e. The molecule has 2 aromatic carbocycles. The first-order valence-corrected chi connectivity index (χ1v) is 7.74. The van der Waals surface area contributed by atoms with Crippen LogP contribution in [0.3, 0.4) is 0 Å². The monoisotopic (exact) mass is 312 g/mol. The lowest BCUT2D eigenvalue weighted by atomic mass is 9.97. The van der Waals surface area contributed by atoms with Crippen molar-refractivity contribution in [1.82, 2.24) is 5.06 Å². The summed E-state index contributed by atoms with van der Waals surface area (Å²) in [6, 6.07) is 16.6. The van der Waals surface area contributed by atoms with Crippen LogP contribution in [0.2, 0.25) is 0 Å². The van der Waals surface area contributed by atoms with Gasteiger partial charge in [-0.25, -0.2) is 9.86 Å². The fourth-order valence-electron chi connectivity index (χ4n) is 3.12. The number of nitrogens with zero attached hydrogens (tertiary/aromatic N) is 1. The summed E-state index contributed by atoms with van der Waals surface area (Å²) in [5.74, 6) is 1.87. The van der Waals surface area contributed by atoms with Crippen LogP contribution in [0.4, 0.5) is 4.79 Å². The Kier molecular flexibility index (Phi) is 4.48. The normalized spacial score (nSPS) is 20.2. The first kappa shape index (κ1) is 15.4. The number of carbonyl (C=O) groups excluding carboxylic acids is 1. The van der Waals surface area contributed by atoms with Gasteiger partial charge < -0.3 is 10.5 Å². The summed E-state index contributed by atoms with van der Waals surface area (Å²) in [5.41, 5.74) is 6.28.